The van der Waals surface area contributed by atoms with Gasteiger partial charge < -0.3 is 15.3 Å². The lowest BCUT2D eigenvalue weighted by Crippen LogP contribution is -2.47. The third kappa shape index (κ3) is 10.1. The van der Waals surface area contributed by atoms with Crippen molar-refractivity contribution in [3.63, 3.8) is 0 Å². The second-order valence-electron chi connectivity index (χ2n) is 8.25. The first-order valence-electron chi connectivity index (χ1n) is 9.98. The van der Waals surface area contributed by atoms with Gasteiger partial charge in [0.25, 0.3) is 0 Å². The Hall–Kier alpha value is -1.14. The van der Waals surface area contributed by atoms with Gasteiger partial charge in [0.1, 0.15) is 12.1 Å². The number of carbonyl (C=O) groups is 2. The van der Waals surface area contributed by atoms with Crippen LogP contribution in [0.1, 0.15) is 74.1 Å². The third-order valence-electron chi connectivity index (χ3n) is 4.56. The summed E-state index contributed by atoms with van der Waals surface area (Å²) in [6.07, 6.45) is 4.67. The van der Waals surface area contributed by atoms with Gasteiger partial charge in [0.2, 0.25) is 0 Å². The first-order chi connectivity index (χ1) is 12.1. The summed E-state index contributed by atoms with van der Waals surface area (Å²) in [6.45, 7) is 14.3. The summed E-state index contributed by atoms with van der Waals surface area (Å²) >= 11 is 0. The molecule has 6 heteroatoms. The van der Waals surface area contributed by atoms with Crippen LogP contribution in [0.5, 0.6) is 0 Å². The summed E-state index contributed by atoms with van der Waals surface area (Å²) in [6, 6.07) is -1.43. The lowest BCUT2D eigenvalue weighted by molar-refractivity contribution is -0.164. The monoisotopic (exact) mass is 372 g/mol. The van der Waals surface area contributed by atoms with E-state index in [9.17, 15) is 9.59 Å². The van der Waals surface area contributed by atoms with E-state index in [4.69, 9.17) is 15.3 Å². The van der Waals surface area contributed by atoms with E-state index in [1.807, 2.05) is 27.7 Å². The van der Waals surface area contributed by atoms with Crippen molar-refractivity contribution in [2.45, 2.75) is 86.2 Å². The molecule has 0 rings (SSSR count). The summed E-state index contributed by atoms with van der Waals surface area (Å²) in [4.78, 5) is 29.2. The quantitative estimate of drug-likeness (QED) is 0.380. The fourth-order valence-corrected chi connectivity index (χ4v) is 2.66. The average molecular weight is 373 g/mol. The summed E-state index contributed by atoms with van der Waals surface area (Å²) in [5.41, 5.74) is 8.29. The summed E-state index contributed by atoms with van der Waals surface area (Å²) in [5.74, 6) is -0.166. The van der Waals surface area contributed by atoms with Crippen molar-refractivity contribution in [2.75, 3.05) is 6.61 Å². The Morgan fingerprint density at radius 1 is 0.962 bits per heavy atom. The highest BCUT2D eigenvalue weighted by Gasteiger charge is 2.28. The van der Waals surface area contributed by atoms with Gasteiger partial charge in [-0.1, -0.05) is 67.7 Å². The molecular formula is C20H40N2O4. The van der Waals surface area contributed by atoms with Crippen LogP contribution in [0.25, 0.3) is 0 Å². The maximum Gasteiger partial charge on any atom is 0.341 e. The van der Waals surface area contributed by atoms with Crippen LogP contribution in [0.15, 0.2) is 0 Å². The third-order valence-corrected chi connectivity index (χ3v) is 4.56. The predicted molar refractivity (Wildman–Crippen MR) is 104 cm³/mol. The maximum atomic E-state index is 12.4. The number of nitrogens with two attached hydrogens (primary N) is 1. The average Bonchev–Trinajstić information content (AvgIpc) is 2.56. The number of esters is 1. The standard InChI is InChI=1S/C20H40N2O4/c1-8-9-10-15(6)11-16(7)12-25-20(24)18(14(4)5)22-26-19(23)17(21)13(2)3/h13-18,22H,8-12,21H2,1-7H3/t15?,16?,17-,18-/m0/s1. The molecule has 0 saturated heterocycles. The molecule has 0 bridgehead atoms. The molecule has 2 unspecified atom stereocenters. The van der Waals surface area contributed by atoms with Crippen molar-refractivity contribution in [3.8, 4) is 0 Å². The Morgan fingerprint density at radius 3 is 2.08 bits per heavy atom. The van der Waals surface area contributed by atoms with Crippen molar-refractivity contribution >= 4 is 11.9 Å². The molecule has 0 amide bonds. The first kappa shape index (κ1) is 24.9. The number of rotatable bonds is 13. The van der Waals surface area contributed by atoms with Crippen LogP contribution in [-0.4, -0.2) is 30.6 Å². The first-order valence-corrected chi connectivity index (χ1v) is 9.98. The van der Waals surface area contributed by atoms with E-state index in [2.05, 4.69) is 26.3 Å². The fraction of sp³-hybridized carbons (Fsp3) is 0.900. The minimum absolute atomic E-state index is 0.0377. The normalized spacial score (nSPS) is 16.2. The molecule has 0 aromatic rings. The Morgan fingerprint density at radius 2 is 1.58 bits per heavy atom. The molecule has 0 aliphatic rings. The molecule has 26 heavy (non-hydrogen) atoms. The minimum Gasteiger partial charge on any atom is -0.464 e. The van der Waals surface area contributed by atoms with Crippen LogP contribution in [-0.2, 0) is 19.2 Å². The van der Waals surface area contributed by atoms with Crippen LogP contribution in [0, 0.1) is 23.7 Å². The van der Waals surface area contributed by atoms with Crippen LogP contribution < -0.4 is 11.2 Å². The van der Waals surface area contributed by atoms with E-state index in [1.165, 1.54) is 19.3 Å². The second kappa shape index (κ2) is 13.1. The van der Waals surface area contributed by atoms with Crippen LogP contribution >= 0.6 is 0 Å². The number of hydroxylamine groups is 1. The van der Waals surface area contributed by atoms with Gasteiger partial charge in [-0.2, -0.15) is 0 Å². The van der Waals surface area contributed by atoms with Gasteiger partial charge in [0, 0.05) is 0 Å². The Labute approximate surface area is 159 Å². The summed E-state index contributed by atoms with van der Waals surface area (Å²) < 4.78 is 5.45. The SMILES string of the molecule is CCCCC(C)CC(C)COC(=O)[C@@H](NOC(=O)[C@@H](N)C(C)C)C(C)C. The highest BCUT2D eigenvalue weighted by atomic mass is 16.7. The number of carbonyl (C=O) groups excluding carboxylic acids is 2. The minimum atomic E-state index is -0.726. The smallest absolute Gasteiger partial charge is 0.341 e. The highest BCUT2D eigenvalue weighted by molar-refractivity contribution is 5.78. The van der Waals surface area contributed by atoms with Gasteiger partial charge in [-0.3, -0.25) is 4.79 Å². The predicted octanol–water partition coefficient (Wildman–Crippen LogP) is 3.44. The van der Waals surface area contributed by atoms with Gasteiger partial charge in [0.05, 0.1) is 6.61 Å². The molecule has 0 radical (unpaired) electrons. The van der Waals surface area contributed by atoms with E-state index in [1.54, 1.807) is 0 Å². The molecule has 6 nitrogen and oxygen atoms in total. The molecule has 0 saturated carbocycles. The number of hydrogen-bond donors (Lipinski definition) is 2. The highest BCUT2D eigenvalue weighted by Crippen LogP contribution is 2.18. The van der Waals surface area contributed by atoms with Gasteiger partial charge in [-0.25, -0.2) is 4.79 Å². The van der Waals surface area contributed by atoms with Crippen molar-refractivity contribution in [2.24, 2.45) is 29.4 Å². The van der Waals surface area contributed by atoms with E-state index < -0.39 is 24.0 Å². The number of hydrogen-bond acceptors (Lipinski definition) is 6. The lowest BCUT2D eigenvalue weighted by atomic mass is 9.93. The van der Waals surface area contributed by atoms with Crippen LogP contribution in [0.2, 0.25) is 0 Å². The number of ether oxygens (including phenoxy) is 1. The molecular weight excluding hydrogens is 332 g/mol. The van der Waals surface area contributed by atoms with E-state index in [0.29, 0.717) is 18.4 Å². The van der Waals surface area contributed by atoms with Crippen molar-refractivity contribution in [1.29, 1.82) is 0 Å². The molecule has 0 aliphatic carbocycles. The number of nitrogens with one attached hydrogen (secondary N) is 1. The molecule has 0 aromatic heterocycles. The largest absolute Gasteiger partial charge is 0.464 e. The summed E-state index contributed by atoms with van der Waals surface area (Å²) in [7, 11) is 0. The van der Waals surface area contributed by atoms with Gasteiger partial charge in [-0.05, 0) is 30.1 Å². The van der Waals surface area contributed by atoms with Gasteiger partial charge >= 0.3 is 11.9 Å². The molecule has 0 fully saturated rings. The molecule has 0 aliphatic heterocycles. The molecule has 0 aromatic carbocycles. The molecule has 3 N–H and O–H groups in total. The van der Waals surface area contributed by atoms with Crippen LogP contribution in [0.4, 0.5) is 0 Å². The van der Waals surface area contributed by atoms with Gasteiger partial charge in [0.15, 0.2) is 0 Å². The maximum absolute atomic E-state index is 12.4. The Bertz CT molecular complexity index is 413. The van der Waals surface area contributed by atoms with Crippen molar-refractivity contribution in [1.82, 2.24) is 5.48 Å². The fourth-order valence-electron chi connectivity index (χ4n) is 2.66. The zero-order valence-corrected chi connectivity index (χ0v) is 17.7. The number of unbranched alkanes of at least 4 members (excludes halogenated alkanes) is 1. The zero-order chi connectivity index (χ0) is 20.3. The van der Waals surface area contributed by atoms with Crippen molar-refractivity contribution < 1.29 is 19.2 Å². The Kier molecular flexibility index (Phi) is 12.5. The van der Waals surface area contributed by atoms with E-state index in [-0.39, 0.29) is 11.8 Å². The van der Waals surface area contributed by atoms with Gasteiger partial charge in [-0.15, -0.1) is 5.48 Å². The molecule has 0 heterocycles. The topological polar surface area (TPSA) is 90.6 Å². The zero-order valence-electron chi connectivity index (χ0n) is 17.7. The lowest BCUT2D eigenvalue weighted by Gasteiger charge is -2.23. The second-order valence-corrected chi connectivity index (χ2v) is 8.25. The van der Waals surface area contributed by atoms with Crippen LogP contribution in [0.3, 0.4) is 0 Å². The summed E-state index contributed by atoms with van der Waals surface area (Å²) in [5, 5.41) is 0. The van der Waals surface area contributed by atoms with Crippen molar-refractivity contribution in [3.05, 3.63) is 0 Å². The molecule has 4 atom stereocenters. The van der Waals surface area contributed by atoms with E-state index in [0.717, 1.165) is 6.42 Å². The van der Waals surface area contributed by atoms with E-state index >= 15 is 0 Å². The Balaban J connectivity index is 4.41. The molecule has 0 spiro atoms. The molecule has 154 valence electrons.